The Kier molecular flexibility index (Phi) is 6.32. The third-order valence-corrected chi connectivity index (χ3v) is 3.39. The highest BCUT2D eigenvalue weighted by atomic mass is 35.5. The van der Waals surface area contributed by atoms with E-state index in [1.165, 1.54) is 30.4 Å². The molecule has 0 radical (unpaired) electrons. The highest BCUT2D eigenvalue weighted by Crippen LogP contribution is 2.33. The summed E-state index contributed by atoms with van der Waals surface area (Å²) in [6.45, 7) is 1.05. The molecule has 106 valence electrons. The van der Waals surface area contributed by atoms with E-state index in [9.17, 15) is 0 Å². The molecule has 0 N–H and O–H groups in total. The number of ether oxygens (including phenoxy) is 1. The van der Waals surface area contributed by atoms with Crippen LogP contribution in [-0.4, -0.2) is 37.6 Å². The number of allylic oxidation sites excluding steroid dienone is 1. The van der Waals surface area contributed by atoms with Crippen molar-refractivity contribution in [2.45, 2.75) is 25.7 Å². The van der Waals surface area contributed by atoms with Gasteiger partial charge < -0.3 is 9.64 Å². The van der Waals surface area contributed by atoms with Crippen molar-refractivity contribution in [2.24, 2.45) is 0 Å². The van der Waals surface area contributed by atoms with E-state index in [0.717, 1.165) is 18.7 Å². The molecule has 0 bridgehead atoms. The van der Waals surface area contributed by atoms with Gasteiger partial charge in [-0.05, 0) is 57.0 Å². The van der Waals surface area contributed by atoms with E-state index in [1.54, 1.807) is 18.9 Å². The minimum Gasteiger partial charge on any atom is -0.495 e. The molecule has 0 aromatic carbocycles. The van der Waals surface area contributed by atoms with Crippen molar-refractivity contribution in [3.63, 3.8) is 0 Å². The van der Waals surface area contributed by atoms with Gasteiger partial charge in [-0.1, -0.05) is 5.57 Å². The molecule has 4 heteroatoms. The van der Waals surface area contributed by atoms with Crippen LogP contribution >= 0.6 is 12.4 Å². The van der Waals surface area contributed by atoms with E-state index < -0.39 is 0 Å². The van der Waals surface area contributed by atoms with Crippen LogP contribution in [0.1, 0.15) is 31.2 Å². The third-order valence-electron chi connectivity index (χ3n) is 3.39. The number of rotatable bonds is 4. The monoisotopic (exact) mass is 282 g/mol. The normalized spacial score (nSPS) is 15.4. The SMILES string of the molecule is COc1cncc(C2=C(CN(C)C)CCCC2)c1.Cl. The lowest BCUT2D eigenvalue weighted by atomic mass is 9.87. The summed E-state index contributed by atoms with van der Waals surface area (Å²) in [7, 11) is 5.95. The van der Waals surface area contributed by atoms with Crippen LogP contribution in [0.25, 0.3) is 5.57 Å². The van der Waals surface area contributed by atoms with Crippen molar-refractivity contribution < 1.29 is 4.74 Å². The number of hydrogen-bond donors (Lipinski definition) is 0. The highest BCUT2D eigenvalue weighted by molar-refractivity contribution is 5.85. The molecule has 2 rings (SSSR count). The summed E-state index contributed by atoms with van der Waals surface area (Å²) in [6, 6.07) is 2.10. The Morgan fingerprint density at radius 2 is 1.95 bits per heavy atom. The van der Waals surface area contributed by atoms with Gasteiger partial charge in [0.05, 0.1) is 13.3 Å². The Morgan fingerprint density at radius 1 is 1.21 bits per heavy atom. The maximum Gasteiger partial charge on any atom is 0.137 e. The molecule has 3 nitrogen and oxygen atoms in total. The van der Waals surface area contributed by atoms with Gasteiger partial charge in [0.25, 0.3) is 0 Å². The summed E-state index contributed by atoms with van der Waals surface area (Å²) >= 11 is 0. The van der Waals surface area contributed by atoms with Gasteiger partial charge in [-0.15, -0.1) is 12.4 Å². The number of nitrogens with zero attached hydrogens (tertiary/aromatic N) is 2. The quantitative estimate of drug-likeness (QED) is 0.846. The summed E-state index contributed by atoms with van der Waals surface area (Å²) < 4.78 is 5.27. The summed E-state index contributed by atoms with van der Waals surface area (Å²) in [4.78, 5) is 6.52. The van der Waals surface area contributed by atoms with Crippen LogP contribution in [-0.2, 0) is 0 Å². The van der Waals surface area contributed by atoms with Crippen LogP contribution < -0.4 is 4.74 Å². The van der Waals surface area contributed by atoms with Crippen LogP contribution in [0.3, 0.4) is 0 Å². The molecule has 1 aromatic rings. The number of aromatic nitrogens is 1. The van der Waals surface area contributed by atoms with Crippen molar-refractivity contribution in [1.29, 1.82) is 0 Å². The smallest absolute Gasteiger partial charge is 0.137 e. The largest absolute Gasteiger partial charge is 0.495 e. The zero-order chi connectivity index (χ0) is 13.0. The Hall–Kier alpha value is -1.06. The van der Waals surface area contributed by atoms with E-state index in [-0.39, 0.29) is 12.4 Å². The number of likely N-dealkylation sites (N-methyl/N-ethyl adjacent to an activating group) is 1. The van der Waals surface area contributed by atoms with Crippen LogP contribution in [0.15, 0.2) is 24.0 Å². The Bertz CT molecular complexity index is 444. The van der Waals surface area contributed by atoms with Crippen LogP contribution in [0, 0.1) is 0 Å². The summed E-state index contributed by atoms with van der Waals surface area (Å²) in [5.41, 5.74) is 4.26. The lowest BCUT2D eigenvalue weighted by molar-refractivity contribution is 0.412. The van der Waals surface area contributed by atoms with Gasteiger partial charge >= 0.3 is 0 Å². The van der Waals surface area contributed by atoms with Crippen molar-refractivity contribution in [3.05, 3.63) is 29.6 Å². The average molecular weight is 283 g/mol. The fourth-order valence-corrected chi connectivity index (χ4v) is 2.57. The molecule has 1 aliphatic rings. The third kappa shape index (κ3) is 4.22. The molecule has 0 spiro atoms. The molecule has 0 saturated carbocycles. The van der Waals surface area contributed by atoms with Gasteiger partial charge in [0.1, 0.15) is 5.75 Å². The molecular weight excluding hydrogens is 260 g/mol. The highest BCUT2D eigenvalue weighted by Gasteiger charge is 2.15. The lowest BCUT2D eigenvalue weighted by Gasteiger charge is -2.23. The fraction of sp³-hybridized carbons (Fsp3) is 0.533. The van der Waals surface area contributed by atoms with Gasteiger partial charge in [-0.2, -0.15) is 0 Å². The molecule has 0 aliphatic heterocycles. The first-order chi connectivity index (χ1) is 8.70. The van der Waals surface area contributed by atoms with Gasteiger partial charge in [-0.3, -0.25) is 4.98 Å². The molecule has 0 fully saturated rings. The zero-order valence-electron chi connectivity index (χ0n) is 12.0. The standard InChI is InChI=1S/C15H22N2O.ClH/c1-17(2)11-12-6-4-5-7-15(12)13-8-14(18-3)10-16-9-13;/h8-10H,4-7,11H2,1-3H3;1H. The summed E-state index contributed by atoms with van der Waals surface area (Å²) in [6.07, 6.45) is 8.69. The molecular formula is C15H23ClN2O. The maximum absolute atomic E-state index is 5.27. The van der Waals surface area contributed by atoms with Crippen molar-refractivity contribution >= 4 is 18.0 Å². The summed E-state index contributed by atoms with van der Waals surface area (Å²) in [5.74, 6) is 0.842. The first-order valence-electron chi connectivity index (χ1n) is 6.55. The molecule has 1 aliphatic carbocycles. The molecule has 0 amide bonds. The summed E-state index contributed by atoms with van der Waals surface area (Å²) in [5, 5.41) is 0. The first-order valence-corrected chi connectivity index (χ1v) is 6.55. The van der Waals surface area contributed by atoms with Crippen molar-refractivity contribution in [1.82, 2.24) is 9.88 Å². The van der Waals surface area contributed by atoms with Crippen LogP contribution in [0.2, 0.25) is 0 Å². The van der Waals surface area contributed by atoms with Gasteiger partial charge in [0.15, 0.2) is 0 Å². The fourth-order valence-electron chi connectivity index (χ4n) is 2.57. The van der Waals surface area contributed by atoms with Crippen molar-refractivity contribution in [2.75, 3.05) is 27.7 Å². The first kappa shape index (κ1) is 16.0. The number of methoxy groups -OCH3 is 1. The molecule has 0 unspecified atom stereocenters. The van der Waals surface area contributed by atoms with E-state index in [1.807, 2.05) is 6.20 Å². The molecule has 1 heterocycles. The van der Waals surface area contributed by atoms with Crippen molar-refractivity contribution in [3.8, 4) is 5.75 Å². The predicted molar refractivity (Wildman–Crippen MR) is 82.0 cm³/mol. The molecule has 19 heavy (non-hydrogen) atoms. The molecule has 1 aromatic heterocycles. The zero-order valence-corrected chi connectivity index (χ0v) is 12.8. The van der Waals surface area contributed by atoms with Gasteiger partial charge in [0.2, 0.25) is 0 Å². The van der Waals surface area contributed by atoms with Gasteiger partial charge in [-0.25, -0.2) is 0 Å². The van der Waals surface area contributed by atoms with Gasteiger partial charge in [0, 0.05) is 12.7 Å². The number of hydrogen-bond acceptors (Lipinski definition) is 3. The van der Waals surface area contributed by atoms with E-state index in [2.05, 4.69) is 30.0 Å². The second-order valence-corrected chi connectivity index (χ2v) is 5.14. The molecule has 0 saturated heterocycles. The molecule has 0 atom stereocenters. The minimum absolute atomic E-state index is 0. The topological polar surface area (TPSA) is 25.4 Å². The van der Waals surface area contributed by atoms with E-state index in [4.69, 9.17) is 4.74 Å². The average Bonchev–Trinajstić information content (AvgIpc) is 2.39. The van der Waals surface area contributed by atoms with Crippen LogP contribution in [0.5, 0.6) is 5.75 Å². The van der Waals surface area contributed by atoms with E-state index >= 15 is 0 Å². The Morgan fingerprint density at radius 3 is 2.63 bits per heavy atom. The minimum atomic E-state index is 0. The van der Waals surface area contributed by atoms with E-state index in [0.29, 0.717) is 0 Å². The lowest BCUT2D eigenvalue weighted by Crippen LogP contribution is -2.17. The Labute approximate surface area is 122 Å². The second kappa shape index (κ2) is 7.51. The Balaban J connectivity index is 0.00000180. The maximum atomic E-state index is 5.27. The second-order valence-electron chi connectivity index (χ2n) is 5.14. The predicted octanol–water partition coefficient (Wildman–Crippen LogP) is 3.40. The number of pyridine rings is 1. The number of halogens is 1. The van der Waals surface area contributed by atoms with Crippen LogP contribution in [0.4, 0.5) is 0 Å².